The van der Waals surface area contributed by atoms with Crippen molar-refractivity contribution in [3.05, 3.63) is 23.8 Å². The van der Waals surface area contributed by atoms with Gasteiger partial charge >= 0.3 is 6.18 Å². The number of phenols is 2. The summed E-state index contributed by atoms with van der Waals surface area (Å²) in [5.41, 5.74) is 5.12. The number of aromatic hydroxyl groups is 2. The Kier molecular flexibility index (Phi) is 3.09. The third-order valence-electron chi connectivity index (χ3n) is 1.92. The third kappa shape index (κ3) is 3.02. The van der Waals surface area contributed by atoms with E-state index in [0.717, 1.165) is 12.1 Å². The van der Waals surface area contributed by atoms with Gasteiger partial charge in [0, 0.05) is 0 Å². The minimum atomic E-state index is -4.46. The van der Waals surface area contributed by atoms with Crippen molar-refractivity contribution in [3.63, 3.8) is 0 Å². The molecule has 3 nitrogen and oxygen atoms in total. The predicted octanol–water partition coefficient (Wildman–Crippen LogP) is 1.53. The fourth-order valence-corrected chi connectivity index (χ4v) is 1.07. The lowest BCUT2D eigenvalue weighted by Gasteiger charge is -2.15. The van der Waals surface area contributed by atoms with Crippen molar-refractivity contribution in [3.8, 4) is 11.5 Å². The highest BCUT2D eigenvalue weighted by molar-refractivity contribution is 5.40. The van der Waals surface area contributed by atoms with Crippen molar-refractivity contribution in [2.75, 3.05) is 0 Å². The van der Waals surface area contributed by atoms with E-state index in [9.17, 15) is 13.2 Å². The Morgan fingerprint density at radius 1 is 1.20 bits per heavy atom. The summed E-state index contributed by atoms with van der Waals surface area (Å²) in [7, 11) is 0. The highest BCUT2D eigenvalue weighted by Crippen LogP contribution is 2.27. The van der Waals surface area contributed by atoms with Crippen LogP contribution < -0.4 is 5.73 Å². The molecule has 4 N–H and O–H groups in total. The van der Waals surface area contributed by atoms with Gasteiger partial charge in [-0.3, -0.25) is 0 Å². The van der Waals surface area contributed by atoms with E-state index in [1.807, 2.05) is 0 Å². The number of phenolic OH excluding ortho intramolecular Hbond substituents is 2. The number of alkyl halides is 3. The maximum Gasteiger partial charge on any atom is 0.403 e. The summed E-state index contributed by atoms with van der Waals surface area (Å²) in [6, 6.07) is 1.48. The zero-order chi connectivity index (χ0) is 11.6. The van der Waals surface area contributed by atoms with Crippen LogP contribution in [-0.4, -0.2) is 22.4 Å². The predicted molar refractivity (Wildman–Crippen MR) is 47.5 cm³/mol. The van der Waals surface area contributed by atoms with Crippen LogP contribution in [0.1, 0.15) is 5.56 Å². The van der Waals surface area contributed by atoms with Crippen LogP contribution in [0, 0.1) is 0 Å². The molecular formula is C9H10F3NO2. The summed E-state index contributed by atoms with van der Waals surface area (Å²) in [4.78, 5) is 0. The van der Waals surface area contributed by atoms with Gasteiger partial charge in [-0.1, -0.05) is 6.07 Å². The van der Waals surface area contributed by atoms with Crippen molar-refractivity contribution < 1.29 is 23.4 Å². The van der Waals surface area contributed by atoms with Gasteiger partial charge in [-0.05, 0) is 24.1 Å². The summed E-state index contributed by atoms with van der Waals surface area (Å²) in [5, 5.41) is 18.0. The maximum absolute atomic E-state index is 12.1. The van der Waals surface area contributed by atoms with Crippen molar-refractivity contribution >= 4 is 0 Å². The van der Waals surface area contributed by atoms with Crippen molar-refractivity contribution in [1.29, 1.82) is 0 Å². The van der Waals surface area contributed by atoms with Crippen molar-refractivity contribution in [2.24, 2.45) is 5.73 Å². The highest BCUT2D eigenvalue weighted by Gasteiger charge is 2.36. The first-order chi connectivity index (χ1) is 6.80. The van der Waals surface area contributed by atoms with E-state index in [1.54, 1.807) is 0 Å². The Morgan fingerprint density at radius 3 is 2.27 bits per heavy atom. The van der Waals surface area contributed by atoms with E-state index in [0.29, 0.717) is 0 Å². The van der Waals surface area contributed by atoms with Gasteiger partial charge < -0.3 is 15.9 Å². The van der Waals surface area contributed by atoms with E-state index >= 15 is 0 Å². The van der Waals surface area contributed by atoms with E-state index in [1.165, 1.54) is 6.07 Å². The molecule has 1 unspecified atom stereocenters. The second-order valence-corrected chi connectivity index (χ2v) is 3.18. The lowest BCUT2D eigenvalue weighted by Crippen LogP contribution is -2.39. The zero-order valence-electron chi connectivity index (χ0n) is 7.62. The van der Waals surface area contributed by atoms with Gasteiger partial charge in [-0.25, -0.2) is 0 Å². The molecule has 0 aliphatic rings. The molecule has 1 atom stereocenters. The molecule has 1 rings (SSSR count). The molecule has 1 aromatic carbocycles. The van der Waals surface area contributed by atoms with Crippen molar-refractivity contribution in [1.82, 2.24) is 0 Å². The van der Waals surface area contributed by atoms with Crippen LogP contribution in [0.25, 0.3) is 0 Å². The average molecular weight is 221 g/mol. The second-order valence-electron chi connectivity index (χ2n) is 3.18. The third-order valence-corrected chi connectivity index (χ3v) is 1.92. The van der Waals surface area contributed by atoms with Gasteiger partial charge in [-0.2, -0.15) is 13.2 Å². The number of rotatable bonds is 2. The molecule has 0 aliphatic heterocycles. The molecule has 84 valence electrons. The molecule has 6 heteroatoms. The Balaban J connectivity index is 2.78. The number of benzene rings is 1. The van der Waals surface area contributed by atoms with Crippen LogP contribution in [0.15, 0.2) is 18.2 Å². The number of nitrogens with two attached hydrogens (primary N) is 1. The molecular weight excluding hydrogens is 211 g/mol. The van der Waals surface area contributed by atoms with Gasteiger partial charge in [0.05, 0.1) is 0 Å². The topological polar surface area (TPSA) is 66.5 Å². The zero-order valence-corrected chi connectivity index (χ0v) is 7.62. The largest absolute Gasteiger partial charge is 0.504 e. The molecule has 0 heterocycles. The van der Waals surface area contributed by atoms with Crippen LogP contribution >= 0.6 is 0 Å². The summed E-state index contributed by atoms with van der Waals surface area (Å²) in [6.45, 7) is 0. The lowest BCUT2D eigenvalue weighted by molar-refractivity contribution is -0.147. The highest BCUT2D eigenvalue weighted by atomic mass is 19.4. The molecule has 1 aromatic rings. The van der Waals surface area contributed by atoms with Gasteiger partial charge in [-0.15, -0.1) is 0 Å². The Bertz CT molecular complexity index is 352. The number of halogens is 3. The lowest BCUT2D eigenvalue weighted by atomic mass is 10.1. The molecule has 0 saturated heterocycles. The minimum absolute atomic E-state index is 0.218. The van der Waals surface area contributed by atoms with Crippen LogP contribution in [0.2, 0.25) is 0 Å². The van der Waals surface area contributed by atoms with E-state index < -0.39 is 24.4 Å². The maximum atomic E-state index is 12.1. The van der Waals surface area contributed by atoms with Crippen LogP contribution in [0.5, 0.6) is 11.5 Å². The van der Waals surface area contributed by atoms with E-state index in [-0.39, 0.29) is 11.3 Å². The smallest absolute Gasteiger partial charge is 0.403 e. The Labute approximate surface area is 84.0 Å². The molecule has 0 fully saturated rings. The molecule has 15 heavy (non-hydrogen) atoms. The SMILES string of the molecule is NC(Cc1ccc(O)c(O)c1)C(F)(F)F. The second kappa shape index (κ2) is 3.98. The van der Waals surface area contributed by atoms with Crippen LogP contribution in [-0.2, 0) is 6.42 Å². The molecule has 0 amide bonds. The van der Waals surface area contributed by atoms with E-state index in [2.05, 4.69) is 0 Å². The van der Waals surface area contributed by atoms with E-state index in [4.69, 9.17) is 15.9 Å². The van der Waals surface area contributed by atoms with Crippen molar-refractivity contribution in [2.45, 2.75) is 18.6 Å². The standard InChI is InChI=1S/C9H10F3NO2/c10-9(11,12)8(13)4-5-1-2-6(14)7(15)3-5/h1-3,8,14-15H,4,13H2. The Morgan fingerprint density at radius 2 is 1.80 bits per heavy atom. The monoisotopic (exact) mass is 221 g/mol. The number of hydrogen-bond acceptors (Lipinski definition) is 3. The minimum Gasteiger partial charge on any atom is -0.504 e. The number of hydrogen-bond donors (Lipinski definition) is 3. The summed E-state index contributed by atoms with van der Waals surface area (Å²) >= 11 is 0. The van der Waals surface area contributed by atoms with Gasteiger partial charge in [0.1, 0.15) is 6.04 Å². The average Bonchev–Trinajstić information content (AvgIpc) is 2.10. The molecule has 0 radical (unpaired) electrons. The van der Waals surface area contributed by atoms with Gasteiger partial charge in [0.15, 0.2) is 11.5 Å². The Hall–Kier alpha value is -1.43. The fourth-order valence-electron chi connectivity index (χ4n) is 1.07. The fraction of sp³-hybridized carbons (Fsp3) is 0.333. The molecule has 0 spiro atoms. The van der Waals surface area contributed by atoms with Crippen LogP contribution in [0.3, 0.4) is 0 Å². The van der Waals surface area contributed by atoms with Crippen LogP contribution in [0.4, 0.5) is 13.2 Å². The summed E-state index contributed by atoms with van der Waals surface area (Å²) in [6.07, 6.45) is -4.90. The molecule has 0 saturated carbocycles. The first-order valence-corrected chi connectivity index (χ1v) is 4.14. The molecule has 0 bridgehead atoms. The molecule has 0 aliphatic carbocycles. The normalized spacial score (nSPS) is 13.9. The van der Waals surface area contributed by atoms with Gasteiger partial charge in [0.2, 0.25) is 0 Å². The first kappa shape index (κ1) is 11.6. The quantitative estimate of drug-likeness (QED) is 0.663. The summed E-state index contributed by atoms with van der Waals surface area (Å²) < 4.78 is 36.2. The first-order valence-electron chi connectivity index (χ1n) is 4.14. The van der Waals surface area contributed by atoms with Gasteiger partial charge in [0.25, 0.3) is 0 Å². The molecule has 0 aromatic heterocycles. The summed E-state index contributed by atoms with van der Waals surface area (Å²) in [5.74, 6) is -0.832.